The number of hydroxylamine groups is 1. The molecule has 3 amide bonds. The van der Waals surface area contributed by atoms with Crippen molar-refractivity contribution < 1.29 is 33.5 Å². The van der Waals surface area contributed by atoms with E-state index < -0.39 is 42.6 Å². The Morgan fingerprint density at radius 3 is 1.95 bits per heavy atom. The third kappa shape index (κ3) is 7.53. The van der Waals surface area contributed by atoms with Crippen LogP contribution < -0.4 is 10.9 Å². The first-order chi connectivity index (χ1) is 18.5. The molecule has 2 aliphatic heterocycles. The quantitative estimate of drug-likeness (QED) is 0.357. The zero-order chi connectivity index (χ0) is 26.7. The van der Waals surface area contributed by atoms with Crippen LogP contribution in [0.15, 0.2) is 60.7 Å². The van der Waals surface area contributed by atoms with Crippen LogP contribution in [-0.4, -0.2) is 65.6 Å². The van der Waals surface area contributed by atoms with Gasteiger partial charge in [0.15, 0.2) is 6.61 Å². The lowest BCUT2D eigenvalue weighted by molar-refractivity contribution is -0.156. The fourth-order valence-corrected chi connectivity index (χ4v) is 4.51. The van der Waals surface area contributed by atoms with Crippen LogP contribution >= 0.6 is 0 Å². The van der Waals surface area contributed by atoms with Gasteiger partial charge >= 0.3 is 18.0 Å². The van der Waals surface area contributed by atoms with Crippen LogP contribution in [0, 0.1) is 0 Å². The van der Waals surface area contributed by atoms with Crippen molar-refractivity contribution in [2.75, 3.05) is 19.7 Å². The van der Waals surface area contributed by atoms with E-state index in [9.17, 15) is 19.2 Å². The van der Waals surface area contributed by atoms with Crippen molar-refractivity contribution >= 4 is 23.9 Å². The normalized spacial score (nSPS) is 19.1. The van der Waals surface area contributed by atoms with Crippen molar-refractivity contribution in [3.63, 3.8) is 0 Å². The minimum Gasteiger partial charge on any atom is -0.460 e. The fourth-order valence-electron chi connectivity index (χ4n) is 4.51. The van der Waals surface area contributed by atoms with Gasteiger partial charge in [-0.05, 0) is 36.8 Å². The summed E-state index contributed by atoms with van der Waals surface area (Å²) in [6, 6.07) is 16.6. The van der Waals surface area contributed by atoms with Gasteiger partial charge < -0.3 is 14.4 Å². The smallest absolute Gasteiger partial charge is 0.353 e. The molecule has 4 rings (SSSR count). The second-order valence-electron chi connectivity index (χ2n) is 9.11. The average molecular weight is 525 g/mol. The molecule has 2 aliphatic rings. The SMILES string of the molecule is O=C(NOCC(=O)N1CCC[C@@H]1C(=O)OCc1ccccc1)NN1CCCC1C(=O)OCc1ccccc1. The van der Waals surface area contributed by atoms with Crippen molar-refractivity contribution in [2.45, 2.75) is 51.0 Å². The summed E-state index contributed by atoms with van der Waals surface area (Å²) in [7, 11) is 0. The second-order valence-corrected chi connectivity index (χ2v) is 9.11. The van der Waals surface area contributed by atoms with Crippen LogP contribution in [0.4, 0.5) is 4.79 Å². The Balaban J connectivity index is 1.17. The number of hydrazine groups is 1. The van der Waals surface area contributed by atoms with E-state index in [0.29, 0.717) is 38.8 Å². The highest BCUT2D eigenvalue weighted by molar-refractivity contribution is 5.86. The van der Waals surface area contributed by atoms with Gasteiger partial charge in [-0.1, -0.05) is 60.7 Å². The topological polar surface area (TPSA) is 127 Å². The molecule has 202 valence electrons. The molecule has 2 heterocycles. The molecule has 0 spiro atoms. The van der Waals surface area contributed by atoms with E-state index in [0.717, 1.165) is 11.1 Å². The number of nitrogens with zero attached hydrogens (tertiary/aromatic N) is 2. The predicted molar refractivity (Wildman–Crippen MR) is 135 cm³/mol. The van der Waals surface area contributed by atoms with Crippen LogP contribution in [0.3, 0.4) is 0 Å². The second kappa shape index (κ2) is 13.5. The number of likely N-dealkylation sites (tertiary alicyclic amines) is 1. The zero-order valence-corrected chi connectivity index (χ0v) is 21.0. The van der Waals surface area contributed by atoms with Crippen LogP contribution in [0.25, 0.3) is 0 Å². The van der Waals surface area contributed by atoms with E-state index in [1.54, 1.807) is 0 Å². The van der Waals surface area contributed by atoms with Gasteiger partial charge in [0.2, 0.25) is 0 Å². The standard InChI is InChI=1S/C27H32N4O7/c32-24(30-15-7-13-22(30)25(33)36-17-20-9-3-1-4-10-20)19-38-29-27(35)28-31-16-8-14-23(31)26(34)37-18-21-11-5-2-6-12-21/h1-6,9-12,22-23H,7-8,13-19H2,(H2,28,29,35)/t22-,23?/m1/s1. The molecule has 0 aliphatic carbocycles. The van der Waals surface area contributed by atoms with Crippen molar-refractivity contribution in [1.82, 2.24) is 20.8 Å². The monoisotopic (exact) mass is 524 g/mol. The Labute approximate surface area is 220 Å². The highest BCUT2D eigenvalue weighted by Crippen LogP contribution is 2.20. The van der Waals surface area contributed by atoms with Crippen molar-refractivity contribution in [1.29, 1.82) is 0 Å². The summed E-state index contributed by atoms with van der Waals surface area (Å²) in [4.78, 5) is 56.5. The summed E-state index contributed by atoms with van der Waals surface area (Å²) in [5, 5.41) is 1.49. The summed E-state index contributed by atoms with van der Waals surface area (Å²) < 4.78 is 10.8. The molecule has 2 saturated heterocycles. The number of hydrogen-bond donors (Lipinski definition) is 2. The maximum Gasteiger partial charge on any atom is 0.353 e. The van der Waals surface area contributed by atoms with Gasteiger partial charge in [0.05, 0.1) is 0 Å². The highest BCUT2D eigenvalue weighted by atomic mass is 16.7. The molecule has 38 heavy (non-hydrogen) atoms. The molecule has 0 saturated carbocycles. The minimum absolute atomic E-state index is 0.133. The van der Waals surface area contributed by atoms with Crippen LogP contribution in [0.2, 0.25) is 0 Å². The van der Waals surface area contributed by atoms with Crippen molar-refractivity contribution in [3.8, 4) is 0 Å². The van der Waals surface area contributed by atoms with Gasteiger partial charge in [0.25, 0.3) is 5.91 Å². The van der Waals surface area contributed by atoms with Crippen LogP contribution in [-0.2, 0) is 41.9 Å². The van der Waals surface area contributed by atoms with Crippen LogP contribution in [0.5, 0.6) is 0 Å². The lowest BCUT2D eigenvalue weighted by atomic mass is 10.2. The molecule has 11 heteroatoms. The number of rotatable bonds is 10. The zero-order valence-electron chi connectivity index (χ0n) is 21.0. The van der Waals surface area contributed by atoms with E-state index in [1.807, 2.05) is 60.7 Å². The van der Waals surface area contributed by atoms with Gasteiger partial charge in [-0.2, -0.15) is 0 Å². The number of carbonyl (C=O) groups excluding carboxylic acids is 4. The Hall–Kier alpha value is -3.96. The Morgan fingerprint density at radius 1 is 0.763 bits per heavy atom. The number of nitrogens with one attached hydrogen (secondary N) is 2. The summed E-state index contributed by atoms with van der Waals surface area (Å²) in [6.45, 7) is 0.711. The molecular formula is C27H32N4O7. The van der Waals surface area contributed by atoms with E-state index in [2.05, 4.69) is 10.9 Å². The van der Waals surface area contributed by atoms with E-state index in [1.165, 1.54) is 9.91 Å². The molecule has 1 unspecified atom stereocenters. The predicted octanol–water partition coefficient (Wildman–Crippen LogP) is 2.07. The Kier molecular flexibility index (Phi) is 9.65. The third-order valence-electron chi connectivity index (χ3n) is 6.42. The molecule has 11 nitrogen and oxygen atoms in total. The molecule has 2 aromatic carbocycles. The Morgan fingerprint density at radius 2 is 1.32 bits per heavy atom. The first-order valence-corrected chi connectivity index (χ1v) is 12.7. The molecule has 2 N–H and O–H groups in total. The third-order valence-corrected chi connectivity index (χ3v) is 6.42. The molecular weight excluding hydrogens is 492 g/mol. The van der Waals surface area contributed by atoms with Gasteiger partial charge in [0.1, 0.15) is 25.3 Å². The first kappa shape index (κ1) is 27.1. The van der Waals surface area contributed by atoms with Crippen molar-refractivity contribution in [3.05, 3.63) is 71.8 Å². The summed E-state index contributed by atoms with van der Waals surface area (Å²) in [6.07, 6.45) is 2.43. The maximum absolute atomic E-state index is 12.6. The highest BCUT2D eigenvalue weighted by Gasteiger charge is 2.36. The molecule has 2 atom stereocenters. The van der Waals surface area contributed by atoms with E-state index in [4.69, 9.17) is 14.3 Å². The summed E-state index contributed by atoms with van der Waals surface area (Å²) >= 11 is 0. The molecule has 0 aromatic heterocycles. The first-order valence-electron chi connectivity index (χ1n) is 12.7. The summed E-state index contributed by atoms with van der Waals surface area (Å²) in [5.41, 5.74) is 6.47. The van der Waals surface area contributed by atoms with Crippen LogP contribution in [0.1, 0.15) is 36.8 Å². The van der Waals surface area contributed by atoms with Gasteiger partial charge in [-0.15, -0.1) is 0 Å². The largest absolute Gasteiger partial charge is 0.460 e. The lowest BCUT2D eigenvalue weighted by Crippen LogP contribution is -2.52. The van der Waals surface area contributed by atoms with E-state index >= 15 is 0 Å². The molecule has 2 fully saturated rings. The fraction of sp³-hybridized carbons (Fsp3) is 0.407. The molecule has 0 radical (unpaired) electrons. The minimum atomic E-state index is -0.721. The Bertz CT molecular complexity index is 1100. The number of hydrogen-bond acceptors (Lipinski definition) is 8. The van der Waals surface area contributed by atoms with Gasteiger partial charge in [-0.25, -0.2) is 20.1 Å². The number of urea groups is 1. The molecule has 2 aromatic rings. The number of ether oxygens (including phenoxy) is 2. The van der Waals surface area contributed by atoms with Crippen molar-refractivity contribution in [2.24, 2.45) is 0 Å². The molecule has 0 bridgehead atoms. The van der Waals surface area contributed by atoms with E-state index in [-0.39, 0.29) is 13.2 Å². The van der Waals surface area contributed by atoms with Gasteiger partial charge in [0, 0.05) is 13.1 Å². The van der Waals surface area contributed by atoms with Gasteiger partial charge in [-0.3, -0.25) is 19.9 Å². The lowest BCUT2D eigenvalue weighted by Gasteiger charge is -2.24. The number of benzene rings is 2. The maximum atomic E-state index is 12.6. The number of esters is 2. The number of carbonyl (C=O) groups is 4. The average Bonchev–Trinajstić information content (AvgIpc) is 3.62. The number of amides is 3. The summed E-state index contributed by atoms with van der Waals surface area (Å²) in [5.74, 6) is -1.33.